The summed E-state index contributed by atoms with van der Waals surface area (Å²) >= 11 is 0. The van der Waals surface area contributed by atoms with Crippen molar-refractivity contribution in [2.45, 2.75) is 38.3 Å². The van der Waals surface area contributed by atoms with E-state index in [0.29, 0.717) is 5.56 Å². The summed E-state index contributed by atoms with van der Waals surface area (Å²) in [5, 5.41) is 4.13. The average molecular weight is 327 g/mol. The number of ether oxygens (including phenoxy) is 1. The summed E-state index contributed by atoms with van der Waals surface area (Å²) in [6.45, 7) is 2.85. The van der Waals surface area contributed by atoms with Crippen LogP contribution in [0.25, 0.3) is 0 Å². The lowest BCUT2D eigenvalue weighted by atomic mass is 9.92. The number of carbonyl (C=O) groups is 1. The van der Waals surface area contributed by atoms with Crippen LogP contribution in [0.4, 0.5) is 0 Å². The van der Waals surface area contributed by atoms with Gasteiger partial charge < -0.3 is 9.64 Å². The maximum absolute atomic E-state index is 12.9. The topological polar surface area (TPSA) is 47.4 Å². The highest BCUT2D eigenvalue weighted by Gasteiger charge is 2.35. The molecule has 5 heteroatoms. The summed E-state index contributed by atoms with van der Waals surface area (Å²) < 4.78 is 7.37. The summed E-state index contributed by atoms with van der Waals surface area (Å²) in [5.74, 6) is 0.0435. The number of hydrogen-bond acceptors (Lipinski definition) is 3. The number of aryl methyl sites for hydroxylation is 2. The van der Waals surface area contributed by atoms with Crippen molar-refractivity contribution in [3.63, 3.8) is 0 Å². The Balaban J connectivity index is 1.84. The smallest absolute Gasteiger partial charge is 0.257 e. The second kappa shape index (κ2) is 7.18. The van der Waals surface area contributed by atoms with E-state index in [0.717, 1.165) is 25.8 Å². The van der Waals surface area contributed by atoms with Crippen molar-refractivity contribution in [2.24, 2.45) is 7.05 Å². The third-order valence-electron chi connectivity index (χ3n) is 4.80. The van der Waals surface area contributed by atoms with Gasteiger partial charge in [-0.15, -0.1) is 0 Å². The molecule has 0 spiro atoms. The van der Waals surface area contributed by atoms with Gasteiger partial charge in [0.2, 0.25) is 0 Å². The molecule has 0 radical (unpaired) electrons. The van der Waals surface area contributed by atoms with Crippen LogP contribution < -0.4 is 0 Å². The third kappa shape index (κ3) is 3.51. The second-order valence-corrected chi connectivity index (χ2v) is 6.57. The molecule has 0 unspecified atom stereocenters. The van der Waals surface area contributed by atoms with Crippen molar-refractivity contribution in [1.82, 2.24) is 14.7 Å². The van der Waals surface area contributed by atoms with E-state index in [4.69, 9.17) is 4.74 Å². The van der Waals surface area contributed by atoms with Crippen LogP contribution in [0.5, 0.6) is 0 Å². The molecule has 3 rings (SSSR count). The van der Waals surface area contributed by atoms with Crippen LogP contribution in [0.15, 0.2) is 36.7 Å². The van der Waals surface area contributed by atoms with E-state index >= 15 is 0 Å². The van der Waals surface area contributed by atoms with E-state index in [1.54, 1.807) is 24.2 Å². The number of amides is 1. The first kappa shape index (κ1) is 16.7. The van der Waals surface area contributed by atoms with E-state index in [2.05, 4.69) is 36.3 Å². The predicted molar refractivity (Wildman–Crippen MR) is 92.9 cm³/mol. The fourth-order valence-electron chi connectivity index (χ4n) is 3.45. The van der Waals surface area contributed by atoms with Crippen LogP contribution in [0.2, 0.25) is 0 Å². The molecule has 24 heavy (non-hydrogen) atoms. The van der Waals surface area contributed by atoms with E-state index in [-0.39, 0.29) is 18.1 Å². The largest absolute Gasteiger partial charge is 0.379 e. The summed E-state index contributed by atoms with van der Waals surface area (Å²) in [6.07, 6.45) is 6.26. The Labute approximate surface area is 143 Å². The molecule has 5 nitrogen and oxygen atoms in total. The molecule has 2 atom stereocenters. The normalized spacial score (nSPS) is 21.0. The van der Waals surface area contributed by atoms with Crippen molar-refractivity contribution in [3.8, 4) is 0 Å². The summed E-state index contributed by atoms with van der Waals surface area (Å²) in [5.41, 5.74) is 3.12. The molecule has 0 aliphatic carbocycles. The van der Waals surface area contributed by atoms with Gasteiger partial charge >= 0.3 is 0 Å². The second-order valence-electron chi connectivity index (χ2n) is 6.57. The first-order valence-electron chi connectivity index (χ1n) is 8.46. The Morgan fingerprint density at radius 2 is 2.08 bits per heavy atom. The van der Waals surface area contributed by atoms with Crippen LogP contribution >= 0.6 is 0 Å². The van der Waals surface area contributed by atoms with Crippen LogP contribution in [0.1, 0.15) is 34.3 Å². The lowest BCUT2D eigenvalue weighted by molar-refractivity contribution is -0.0117. The average Bonchev–Trinajstić information content (AvgIpc) is 3.03. The summed E-state index contributed by atoms with van der Waals surface area (Å²) in [7, 11) is 3.57. The quantitative estimate of drug-likeness (QED) is 0.867. The van der Waals surface area contributed by atoms with Gasteiger partial charge in [-0.1, -0.05) is 29.8 Å². The predicted octanol–water partition coefficient (Wildman–Crippen LogP) is 2.59. The highest BCUT2D eigenvalue weighted by molar-refractivity contribution is 5.94. The van der Waals surface area contributed by atoms with Crippen LogP contribution in [-0.2, 0) is 18.2 Å². The zero-order valence-electron chi connectivity index (χ0n) is 14.6. The Bertz CT molecular complexity index is 693. The molecular formula is C19H25N3O2. The number of piperidine rings is 1. The molecule has 1 fully saturated rings. The summed E-state index contributed by atoms with van der Waals surface area (Å²) in [4.78, 5) is 14.9. The minimum atomic E-state index is 0.0435. The molecule has 1 aliphatic rings. The molecular weight excluding hydrogens is 302 g/mol. The number of rotatable bonds is 4. The van der Waals surface area contributed by atoms with Crippen molar-refractivity contribution < 1.29 is 9.53 Å². The minimum absolute atomic E-state index is 0.0435. The van der Waals surface area contributed by atoms with Gasteiger partial charge in [0, 0.05) is 26.9 Å². The maximum atomic E-state index is 12.9. The van der Waals surface area contributed by atoms with Crippen molar-refractivity contribution in [2.75, 3.05) is 13.7 Å². The highest BCUT2D eigenvalue weighted by Crippen LogP contribution is 2.25. The van der Waals surface area contributed by atoms with Crippen molar-refractivity contribution in [3.05, 3.63) is 53.3 Å². The van der Waals surface area contributed by atoms with Crippen LogP contribution in [0, 0.1) is 6.92 Å². The van der Waals surface area contributed by atoms with E-state index in [1.807, 2.05) is 11.9 Å². The molecule has 1 aromatic carbocycles. The van der Waals surface area contributed by atoms with Gasteiger partial charge in [-0.2, -0.15) is 5.10 Å². The van der Waals surface area contributed by atoms with Gasteiger partial charge in [-0.25, -0.2) is 0 Å². The van der Waals surface area contributed by atoms with Gasteiger partial charge in [0.25, 0.3) is 5.91 Å². The first-order chi connectivity index (χ1) is 11.6. The SMILES string of the molecule is CO[C@H]1CCCN(C(=O)c2cnn(C)c2)[C@H]1Cc1ccc(C)cc1. The monoisotopic (exact) mass is 327 g/mol. The van der Waals surface area contributed by atoms with E-state index in [9.17, 15) is 4.79 Å². The Kier molecular flexibility index (Phi) is 5.00. The molecule has 2 heterocycles. The first-order valence-corrected chi connectivity index (χ1v) is 8.46. The van der Waals surface area contributed by atoms with E-state index in [1.165, 1.54) is 11.1 Å². The van der Waals surface area contributed by atoms with Crippen molar-refractivity contribution >= 4 is 5.91 Å². The summed E-state index contributed by atoms with van der Waals surface area (Å²) in [6, 6.07) is 8.58. The number of benzene rings is 1. The number of hydrogen-bond donors (Lipinski definition) is 0. The molecule has 128 valence electrons. The molecule has 0 bridgehead atoms. The lowest BCUT2D eigenvalue weighted by Gasteiger charge is -2.40. The number of carbonyl (C=O) groups excluding carboxylic acids is 1. The zero-order valence-corrected chi connectivity index (χ0v) is 14.6. The molecule has 0 saturated carbocycles. The van der Waals surface area contributed by atoms with Crippen molar-refractivity contribution in [1.29, 1.82) is 0 Å². The highest BCUT2D eigenvalue weighted by atomic mass is 16.5. The number of methoxy groups -OCH3 is 1. The van der Waals surface area contributed by atoms with Gasteiger partial charge in [0.1, 0.15) is 0 Å². The molecule has 1 aliphatic heterocycles. The standard InChI is InChI=1S/C19H25N3O2/c1-14-6-8-15(9-7-14)11-17-18(24-3)5-4-10-22(17)19(23)16-12-20-21(2)13-16/h6-9,12-13,17-18H,4-5,10-11H2,1-3H3/t17-,18-/m0/s1. The third-order valence-corrected chi connectivity index (χ3v) is 4.80. The number of aromatic nitrogens is 2. The fraction of sp³-hybridized carbons (Fsp3) is 0.474. The number of nitrogens with zero attached hydrogens (tertiary/aromatic N) is 3. The molecule has 2 aromatic rings. The minimum Gasteiger partial charge on any atom is -0.379 e. The van der Waals surface area contributed by atoms with E-state index < -0.39 is 0 Å². The lowest BCUT2D eigenvalue weighted by Crippen LogP contribution is -2.52. The number of likely N-dealkylation sites (tertiary alicyclic amines) is 1. The molecule has 1 saturated heterocycles. The van der Waals surface area contributed by atoms with Gasteiger partial charge in [-0.05, 0) is 31.7 Å². The van der Waals surface area contributed by atoms with Crippen LogP contribution in [-0.4, -0.2) is 46.4 Å². The Morgan fingerprint density at radius 1 is 1.33 bits per heavy atom. The van der Waals surface area contributed by atoms with Gasteiger partial charge in [-0.3, -0.25) is 9.48 Å². The van der Waals surface area contributed by atoms with Gasteiger partial charge in [0.15, 0.2) is 0 Å². The molecule has 1 amide bonds. The maximum Gasteiger partial charge on any atom is 0.257 e. The van der Waals surface area contributed by atoms with Crippen LogP contribution in [0.3, 0.4) is 0 Å². The molecule has 1 aromatic heterocycles. The zero-order chi connectivity index (χ0) is 17.1. The Hall–Kier alpha value is -2.14. The Morgan fingerprint density at radius 3 is 2.71 bits per heavy atom. The fourth-order valence-corrected chi connectivity index (χ4v) is 3.45. The molecule has 0 N–H and O–H groups in total. The van der Waals surface area contributed by atoms with Gasteiger partial charge in [0.05, 0.1) is 23.9 Å².